The van der Waals surface area contributed by atoms with Gasteiger partial charge in [-0.05, 0) is 25.7 Å². The lowest BCUT2D eigenvalue weighted by Crippen LogP contribution is -2.53. The zero-order valence-corrected chi connectivity index (χ0v) is 12.3. The molecule has 0 aliphatic carbocycles. The van der Waals surface area contributed by atoms with Gasteiger partial charge in [0.1, 0.15) is 0 Å². The Labute approximate surface area is 124 Å². The SMILES string of the molecule is O=C(O)CC1COCCN1C(=O)NCCC1CCCCO1. The lowest BCUT2D eigenvalue weighted by atomic mass is 10.1. The monoisotopic (exact) mass is 300 g/mol. The van der Waals surface area contributed by atoms with Crippen LogP contribution in [0.1, 0.15) is 32.1 Å². The molecule has 0 saturated carbocycles. The van der Waals surface area contributed by atoms with E-state index in [-0.39, 0.29) is 31.2 Å². The molecule has 2 aliphatic heterocycles. The highest BCUT2D eigenvalue weighted by molar-refractivity contribution is 5.76. The standard InChI is InChI=1S/C14H24N2O5/c17-13(18)9-11-10-20-8-6-16(11)14(19)15-5-4-12-3-1-2-7-21-12/h11-12H,1-10H2,(H,15,19)(H,17,18). The molecule has 2 heterocycles. The zero-order valence-electron chi connectivity index (χ0n) is 12.3. The fraction of sp³-hybridized carbons (Fsp3) is 0.857. The Kier molecular flexibility index (Phi) is 6.25. The maximum absolute atomic E-state index is 12.2. The third kappa shape index (κ3) is 5.17. The zero-order chi connectivity index (χ0) is 15.1. The van der Waals surface area contributed by atoms with Crippen molar-refractivity contribution in [1.82, 2.24) is 10.2 Å². The van der Waals surface area contributed by atoms with E-state index in [9.17, 15) is 9.59 Å². The van der Waals surface area contributed by atoms with Gasteiger partial charge in [0.2, 0.25) is 0 Å². The molecule has 120 valence electrons. The molecule has 2 aliphatic rings. The third-order valence-corrected chi connectivity index (χ3v) is 3.92. The van der Waals surface area contributed by atoms with Gasteiger partial charge in [-0.3, -0.25) is 4.79 Å². The molecule has 0 aromatic heterocycles. The summed E-state index contributed by atoms with van der Waals surface area (Å²) in [4.78, 5) is 24.6. The molecular formula is C14H24N2O5. The summed E-state index contributed by atoms with van der Waals surface area (Å²) in [5.41, 5.74) is 0. The second-order valence-corrected chi connectivity index (χ2v) is 5.53. The topological polar surface area (TPSA) is 88.1 Å². The van der Waals surface area contributed by atoms with Gasteiger partial charge in [-0.15, -0.1) is 0 Å². The van der Waals surface area contributed by atoms with Gasteiger partial charge >= 0.3 is 12.0 Å². The van der Waals surface area contributed by atoms with E-state index in [1.165, 1.54) is 6.42 Å². The first kappa shape index (κ1) is 16.0. The molecule has 0 radical (unpaired) electrons. The van der Waals surface area contributed by atoms with Crippen LogP contribution in [0.5, 0.6) is 0 Å². The summed E-state index contributed by atoms with van der Waals surface area (Å²) < 4.78 is 10.9. The van der Waals surface area contributed by atoms with Crippen molar-refractivity contribution in [3.05, 3.63) is 0 Å². The molecule has 2 amide bonds. The lowest BCUT2D eigenvalue weighted by Gasteiger charge is -2.35. The highest BCUT2D eigenvalue weighted by Crippen LogP contribution is 2.15. The molecule has 2 rings (SSSR count). The first-order valence-corrected chi connectivity index (χ1v) is 7.62. The summed E-state index contributed by atoms with van der Waals surface area (Å²) in [6.45, 7) is 2.54. The average molecular weight is 300 g/mol. The van der Waals surface area contributed by atoms with Crippen LogP contribution in [0.15, 0.2) is 0 Å². The van der Waals surface area contributed by atoms with Crippen molar-refractivity contribution in [3.63, 3.8) is 0 Å². The predicted octanol–water partition coefficient (Wildman–Crippen LogP) is 0.831. The molecule has 2 fully saturated rings. The van der Waals surface area contributed by atoms with Gasteiger partial charge in [-0.2, -0.15) is 0 Å². The van der Waals surface area contributed by atoms with E-state index in [1.807, 2.05) is 0 Å². The molecule has 7 nitrogen and oxygen atoms in total. The Hall–Kier alpha value is -1.34. The van der Waals surface area contributed by atoms with Crippen LogP contribution in [0.3, 0.4) is 0 Å². The van der Waals surface area contributed by atoms with E-state index in [2.05, 4.69) is 5.32 Å². The van der Waals surface area contributed by atoms with Crippen LogP contribution in [-0.4, -0.2) is 67.1 Å². The summed E-state index contributed by atoms with van der Waals surface area (Å²) in [5.74, 6) is -0.918. The second kappa shape index (κ2) is 8.19. The number of carbonyl (C=O) groups excluding carboxylic acids is 1. The molecule has 0 spiro atoms. The number of nitrogens with zero attached hydrogens (tertiary/aromatic N) is 1. The van der Waals surface area contributed by atoms with Gasteiger partial charge < -0.3 is 24.8 Å². The highest BCUT2D eigenvalue weighted by atomic mass is 16.5. The van der Waals surface area contributed by atoms with Crippen molar-refractivity contribution in [2.24, 2.45) is 0 Å². The molecule has 2 saturated heterocycles. The molecule has 0 aromatic rings. The van der Waals surface area contributed by atoms with Crippen molar-refractivity contribution >= 4 is 12.0 Å². The summed E-state index contributed by atoms with van der Waals surface area (Å²) in [6.07, 6.45) is 4.31. The van der Waals surface area contributed by atoms with Crippen LogP contribution in [0.4, 0.5) is 4.79 Å². The van der Waals surface area contributed by atoms with Crippen LogP contribution >= 0.6 is 0 Å². The smallest absolute Gasteiger partial charge is 0.317 e. The van der Waals surface area contributed by atoms with E-state index in [0.717, 1.165) is 25.9 Å². The number of carboxylic acids is 1. The van der Waals surface area contributed by atoms with Crippen LogP contribution in [0.2, 0.25) is 0 Å². The van der Waals surface area contributed by atoms with Crippen molar-refractivity contribution < 1.29 is 24.2 Å². The predicted molar refractivity (Wildman–Crippen MR) is 75.2 cm³/mol. The van der Waals surface area contributed by atoms with Crippen LogP contribution in [0.25, 0.3) is 0 Å². The number of carboxylic acid groups (broad SMARTS) is 1. The van der Waals surface area contributed by atoms with Crippen LogP contribution in [0, 0.1) is 0 Å². The fourth-order valence-corrected chi connectivity index (χ4v) is 2.77. The number of ether oxygens (including phenoxy) is 2. The Bertz CT molecular complexity index is 357. The van der Waals surface area contributed by atoms with Crippen molar-refractivity contribution in [2.45, 2.75) is 44.2 Å². The first-order chi connectivity index (χ1) is 10.2. The van der Waals surface area contributed by atoms with E-state index in [4.69, 9.17) is 14.6 Å². The summed E-state index contributed by atoms with van der Waals surface area (Å²) in [6, 6.07) is -0.595. The molecule has 0 aromatic carbocycles. The number of rotatable bonds is 5. The summed E-state index contributed by atoms with van der Waals surface area (Å²) >= 11 is 0. The Morgan fingerprint density at radius 3 is 2.86 bits per heavy atom. The highest BCUT2D eigenvalue weighted by Gasteiger charge is 2.29. The Morgan fingerprint density at radius 1 is 1.29 bits per heavy atom. The van der Waals surface area contributed by atoms with E-state index < -0.39 is 5.97 Å². The molecular weight excluding hydrogens is 276 g/mol. The quantitative estimate of drug-likeness (QED) is 0.785. The summed E-state index contributed by atoms with van der Waals surface area (Å²) in [7, 11) is 0. The molecule has 2 N–H and O–H groups in total. The van der Waals surface area contributed by atoms with Crippen molar-refractivity contribution in [1.29, 1.82) is 0 Å². The Balaban J connectivity index is 1.73. The van der Waals surface area contributed by atoms with Crippen molar-refractivity contribution in [2.75, 3.05) is 32.9 Å². The number of amides is 2. The van der Waals surface area contributed by atoms with Gasteiger partial charge in [0.15, 0.2) is 0 Å². The average Bonchev–Trinajstić information content (AvgIpc) is 2.48. The number of nitrogens with one attached hydrogen (secondary N) is 1. The number of urea groups is 1. The van der Waals surface area contributed by atoms with E-state index >= 15 is 0 Å². The van der Waals surface area contributed by atoms with Gasteiger partial charge in [0.25, 0.3) is 0 Å². The normalized spacial score (nSPS) is 26.4. The molecule has 0 bridgehead atoms. The summed E-state index contributed by atoms with van der Waals surface area (Å²) in [5, 5.41) is 11.7. The number of aliphatic carboxylic acids is 1. The first-order valence-electron chi connectivity index (χ1n) is 7.62. The lowest BCUT2D eigenvalue weighted by molar-refractivity contribution is -0.139. The second-order valence-electron chi connectivity index (χ2n) is 5.53. The minimum atomic E-state index is -0.918. The minimum absolute atomic E-state index is 0.0842. The Morgan fingerprint density at radius 2 is 2.14 bits per heavy atom. The molecule has 21 heavy (non-hydrogen) atoms. The fourth-order valence-electron chi connectivity index (χ4n) is 2.77. The van der Waals surface area contributed by atoms with Gasteiger partial charge in [-0.25, -0.2) is 4.79 Å². The number of hydrogen-bond acceptors (Lipinski definition) is 4. The molecule has 7 heteroatoms. The van der Waals surface area contributed by atoms with Crippen LogP contribution < -0.4 is 5.32 Å². The minimum Gasteiger partial charge on any atom is -0.481 e. The van der Waals surface area contributed by atoms with Gasteiger partial charge in [-0.1, -0.05) is 0 Å². The van der Waals surface area contributed by atoms with Gasteiger partial charge in [0.05, 0.1) is 31.8 Å². The van der Waals surface area contributed by atoms with E-state index in [0.29, 0.717) is 19.7 Å². The number of carbonyl (C=O) groups is 2. The maximum atomic E-state index is 12.2. The maximum Gasteiger partial charge on any atom is 0.317 e. The molecule has 2 unspecified atom stereocenters. The number of morpholine rings is 1. The van der Waals surface area contributed by atoms with E-state index in [1.54, 1.807) is 4.90 Å². The number of hydrogen-bond donors (Lipinski definition) is 2. The van der Waals surface area contributed by atoms with Gasteiger partial charge in [0, 0.05) is 19.7 Å². The van der Waals surface area contributed by atoms with Crippen molar-refractivity contribution in [3.8, 4) is 0 Å². The van der Waals surface area contributed by atoms with Crippen LogP contribution in [-0.2, 0) is 14.3 Å². The molecule has 2 atom stereocenters. The largest absolute Gasteiger partial charge is 0.481 e. The third-order valence-electron chi connectivity index (χ3n) is 3.92.